The molecule has 0 saturated carbocycles. The Balaban J connectivity index is 4.29. The van der Waals surface area contributed by atoms with Crippen LogP contribution in [0.25, 0.3) is 0 Å². The lowest BCUT2D eigenvalue weighted by atomic mass is 10.0. The fourth-order valence-electron chi connectivity index (χ4n) is 7.94. The molecule has 0 radical (unpaired) electrons. The van der Waals surface area contributed by atoms with Crippen LogP contribution in [0.1, 0.15) is 286 Å². The van der Waals surface area contributed by atoms with Crippen LogP contribution in [-0.4, -0.2) is 37.2 Å². The van der Waals surface area contributed by atoms with Gasteiger partial charge >= 0.3 is 17.9 Å². The minimum atomic E-state index is -0.763. The number of hydrogen-bond donors (Lipinski definition) is 0. The zero-order chi connectivity index (χ0) is 43.4. The minimum absolute atomic E-state index is 0.0649. The predicted octanol–water partition coefficient (Wildman–Crippen LogP) is 16.8. The third-order valence-electron chi connectivity index (χ3n) is 11.9. The van der Waals surface area contributed by atoms with Crippen LogP contribution in [0, 0.1) is 17.8 Å². The van der Waals surface area contributed by atoms with Crippen molar-refractivity contribution in [2.75, 3.05) is 13.2 Å². The van der Waals surface area contributed by atoms with E-state index in [1.54, 1.807) is 0 Å². The molecule has 0 rings (SSSR count). The summed E-state index contributed by atoms with van der Waals surface area (Å²) in [7, 11) is 0. The Morgan fingerprint density at radius 3 is 0.729 bits per heavy atom. The van der Waals surface area contributed by atoms with Crippen molar-refractivity contribution in [2.45, 2.75) is 292 Å². The molecule has 0 spiro atoms. The van der Waals surface area contributed by atoms with Crippen LogP contribution in [0.5, 0.6) is 0 Å². The van der Waals surface area contributed by atoms with Crippen molar-refractivity contribution < 1.29 is 28.6 Å². The smallest absolute Gasteiger partial charge is 0.306 e. The van der Waals surface area contributed by atoms with Gasteiger partial charge in [0.1, 0.15) is 13.2 Å². The molecule has 350 valence electrons. The van der Waals surface area contributed by atoms with E-state index in [-0.39, 0.29) is 31.1 Å². The summed E-state index contributed by atoms with van der Waals surface area (Å²) in [5.41, 5.74) is 0. The predicted molar refractivity (Wildman–Crippen MR) is 252 cm³/mol. The summed E-state index contributed by atoms with van der Waals surface area (Å²) in [6.45, 7) is 13.7. The van der Waals surface area contributed by atoms with Crippen LogP contribution in [0.3, 0.4) is 0 Å². The van der Waals surface area contributed by atoms with Crippen molar-refractivity contribution >= 4 is 17.9 Å². The first-order valence-electron chi connectivity index (χ1n) is 26.1. The highest BCUT2D eigenvalue weighted by atomic mass is 16.6. The number of ether oxygens (including phenoxy) is 3. The fraction of sp³-hybridized carbons (Fsp3) is 0.943. The highest BCUT2D eigenvalue weighted by Crippen LogP contribution is 2.18. The number of carbonyl (C=O) groups is 3. The van der Waals surface area contributed by atoms with Crippen LogP contribution in [0.15, 0.2) is 0 Å². The lowest BCUT2D eigenvalue weighted by molar-refractivity contribution is -0.167. The molecule has 6 nitrogen and oxygen atoms in total. The molecule has 0 aliphatic carbocycles. The number of carbonyl (C=O) groups excluding carboxylic acids is 3. The number of rotatable bonds is 46. The first-order chi connectivity index (χ1) is 28.6. The Labute approximate surface area is 368 Å². The topological polar surface area (TPSA) is 78.9 Å². The zero-order valence-electron chi connectivity index (χ0n) is 40.5. The van der Waals surface area contributed by atoms with E-state index >= 15 is 0 Å². The quantitative estimate of drug-likeness (QED) is 0.0345. The van der Waals surface area contributed by atoms with Crippen molar-refractivity contribution in [1.82, 2.24) is 0 Å². The van der Waals surface area contributed by atoms with E-state index in [1.807, 2.05) is 0 Å². The molecular formula is C53H102O6. The summed E-state index contributed by atoms with van der Waals surface area (Å²) >= 11 is 0. The maximum atomic E-state index is 12.8. The lowest BCUT2D eigenvalue weighted by Gasteiger charge is -2.18. The van der Waals surface area contributed by atoms with Gasteiger partial charge in [0.2, 0.25) is 0 Å². The summed E-state index contributed by atoms with van der Waals surface area (Å²) < 4.78 is 16.8. The Morgan fingerprint density at radius 1 is 0.288 bits per heavy atom. The van der Waals surface area contributed by atoms with Gasteiger partial charge < -0.3 is 14.2 Å². The van der Waals surface area contributed by atoms with Crippen molar-refractivity contribution in [1.29, 1.82) is 0 Å². The molecule has 0 aromatic carbocycles. The monoisotopic (exact) mass is 835 g/mol. The van der Waals surface area contributed by atoms with Gasteiger partial charge in [-0.05, 0) is 37.0 Å². The molecule has 0 N–H and O–H groups in total. The first-order valence-corrected chi connectivity index (χ1v) is 26.1. The average molecular weight is 835 g/mol. The molecule has 0 saturated heterocycles. The van der Waals surface area contributed by atoms with Gasteiger partial charge in [0.15, 0.2) is 6.10 Å². The van der Waals surface area contributed by atoms with E-state index in [1.165, 1.54) is 167 Å². The summed E-state index contributed by atoms with van der Waals surface area (Å²) in [5, 5.41) is 0. The number of hydrogen-bond acceptors (Lipinski definition) is 6. The van der Waals surface area contributed by atoms with Crippen LogP contribution in [0.4, 0.5) is 0 Å². The summed E-state index contributed by atoms with van der Waals surface area (Å²) in [6.07, 6.45) is 43.8. The third-order valence-corrected chi connectivity index (χ3v) is 11.9. The molecular weight excluding hydrogens is 733 g/mol. The molecule has 59 heavy (non-hydrogen) atoms. The molecule has 0 bridgehead atoms. The molecule has 0 aliphatic rings. The van der Waals surface area contributed by atoms with E-state index < -0.39 is 6.10 Å². The lowest BCUT2D eigenvalue weighted by Crippen LogP contribution is -2.30. The molecule has 0 aliphatic heterocycles. The van der Waals surface area contributed by atoms with Crippen molar-refractivity contribution in [3.8, 4) is 0 Å². The Bertz CT molecular complexity index is 914. The largest absolute Gasteiger partial charge is 0.462 e. The summed E-state index contributed by atoms with van der Waals surface area (Å²) in [6, 6.07) is 0. The molecule has 6 heteroatoms. The maximum absolute atomic E-state index is 12.8. The van der Waals surface area contributed by atoms with Gasteiger partial charge in [0.25, 0.3) is 0 Å². The van der Waals surface area contributed by atoms with Crippen LogP contribution in [0.2, 0.25) is 0 Å². The Morgan fingerprint density at radius 2 is 0.492 bits per heavy atom. The fourth-order valence-corrected chi connectivity index (χ4v) is 7.94. The van der Waals surface area contributed by atoms with Crippen molar-refractivity contribution in [2.24, 2.45) is 17.8 Å². The molecule has 1 atom stereocenters. The summed E-state index contributed by atoms with van der Waals surface area (Å²) in [4.78, 5) is 37.9. The van der Waals surface area contributed by atoms with E-state index in [4.69, 9.17) is 14.2 Å². The SMILES string of the molecule is CC(C)CCCCCCCCCCCCCCCCC(=O)OC[C@H](COC(=O)CCCCCCCCCCCC(C)C)OC(=O)CCCCCCCCCCCC(C)C. The van der Waals surface area contributed by atoms with Gasteiger partial charge in [0, 0.05) is 19.3 Å². The van der Waals surface area contributed by atoms with Gasteiger partial charge in [0.05, 0.1) is 0 Å². The molecule has 0 amide bonds. The van der Waals surface area contributed by atoms with E-state index in [0.717, 1.165) is 75.5 Å². The van der Waals surface area contributed by atoms with Crippen LogP contribution >= 0.6 is 0 Å². The van der Waals surface area contributed by atoms with E-state index in [9.17, 15) is 14.4 Å². The second-order valence-corrected chi connectivity index (χ2v) is 19.6. The average Bonchev–Trinajstić information content (AvgIpc) is 3.19. The minimum Gasteiger partial charge on any atom is -0.462 e. The van der Waals surface area contributed by atoms with Gasteiger partial charge in [-0.25, -0.2) is 0 Å². The highest BCUT2D eigenvalue weighted by Gasteiger charge is 2.19. The van der Waals surface area contributed by atoms with E-state index in [0.29, 0.717) is 19.3 Å². The third kappa shape index (κ3) is 47.3. The molecule has 0 unspecified atom stereocenters. The van der Waals surface area contributed by atoms with Crippen LogP contribution < -0.4 is 0 Å². The van der Waals surface area contributed by atoms with Gasteiger partial charge in [-0.2, -0.15) is 0 Å². The number of unbranched alkanes of at least 4 members (excludes halogenated alkanes) is 29. The maximum Gasteiger partial charge on any atom is 0.306 e. The molecule has 0 fully saturated rings. The zero-order valence-corrected chi connectivity index (χ0v) is 40.5. The highest BCUT2D eigenvalue weighted by molar-refractivity contribution is 5.71. The van der Waals surface area contributed by atoms with Crippen molar-refractivity contribution in [3.63, 3.8) is 0 Å². The summed E-state index contributed by atoms with van der Waals surface area (Å²) in [5.74, 6) is 1.61. The Kier molecular flexibility index (Phi) is 43.3. The molecule has 0 heterocycles. The second-order valence-electron chi connectivity index (χ2n) is 19.6. The normalized spacial score (nSPS) is 12.2. The first kappa shape index (κ1) is 57.4. The Hall–Kier alpha value is -1.59. The van der Waals surface area contributed by atoms with Gasteiger partial charge in [-0.1, -0.05) is 247 Å². The second kappa shape index (κ2) is 44.5. The standard InChI is InChI=1S/C53H102O6/c1-47(2)39-33-27-21-15-11-9-7-8-10-12-18-24-30-36-42-51(54)57-45-50(59-53(56)44-38-32-26-20-14-17-23-29-35-41-49(5)6)46-58-52(55)43-37-31-25-19-13-16-22-28-34-40-48(3)4/h47-50H,7-46H2,1-6H3/t50-/m1/s1. The molecule has 0 aromatic heterocycles. The van der Waals surface area contributed by atoms with Gasteiger partial charge in [-0.15, -0.1) is 0 Å². The van der Waals surface area contributed by atoms with Gasteiger partial charge in [-0.3, -0.25) is 14.4 Å². The van der Waals surface area contributed by atoms with Crippen molar-refractivity contribution in [3.05, 3.63) is 0 Å². The molecule has 0 aromatic rings. The number of esters is 3. The van der Waals surface area contributed by atoms with Crippen LogP contribution in [-0.2, 0) is 28.6 Å². The van der Waals surface area contributed by atoms with E-state index in [2.05, 4.69) is 41.5 Å².